The van der Waals surface area contributed by atoms with Crippen molar-refractivity contribution in [1.82, 2.24) is 25.3 Å². The topological polar surface area (TPSA) is 67.1 Å². The van der Waals surface area contributed by atoms with Gasteiger partial charge in [0.2, 0.25) is 5.89 Å². The second kappa shape index (κ2) is 5.90. The normalized spacial score (nSPS) is 16.6. The molecule has 0 radical (unpaired) electrons. The molecule has 19 heavy (non-hydrogen) atoms. The van der Waals surface area contributed by atoms with Crippen LogP contribution in [0.15, 0.2) is 29.0 Å². The van der Waals surface area contributed by atoms with Gasteiger partial charge >= 0.3 is 0 Å². The lowest BCUT2D eigenvalue weighted by Gasteiger charge is -2.25. The van der Waals surface area contributed by atoms with E-state index in [4.69, 9.17) is 4.52 Å². The first-order valence-electron chi connectivity index (χ1n) is 6.53. The van der Waals surface area contributed by atoms with Crippen LogP contribution in [0.1, 0.15) is 17.3 Å². The van der Waals surface area contributed by atoms with E-state index >= 15 is 0 Å². The van der Waals surface area contributed by atoms with Gasteiger partial charge in [0.25, 0.3) is 0 Å². The zero-order chi connectivity index (χ0) is 12.9. The lowest BCUT2D eigenvalue weighted by Crippen LogP contribution is -2.42. The summed E-state index contributed by atoms with van der Waals surface area (Å²) in [6, 6.07) is 3.93. The van der Waals surface area contributed by atoms with E-state index < -0.39 is 0 Å². The minimum Gasteiger partial charge on any atom is -0.338 e. The minimum absolute atomic E-state index is 0.688. The third kappa shape index (κ3) is 3.36. The standard InChI is InChI=1S/C13H17N5O/c1-3-14-4-2-11(1)9-12-16-13(19-17-12)10-18-7-5-15-6-8-18/h1-4,15H,5-10H2. The largest absolute Gasteiger partial charge is 0.338 e. The number of hydrogen-bond donors (Lipinski definition) is 1. The van der Waals surface area contributed by atoms with Gasteiger partial charge in [0.05, 0.1) is 6.54 Å². The molecule has 1 aliphatic heterocycles. The quantitative estimate of drug-likeness (QED) is 0.860. The van der Waals surface area contributed by atoms with Crippen molar-refractivity contribution in [3.8, 4) is 0 Å². The molecule has 2 aromatic heterocycles. The van der Waals surface area contributed by atoms with Crippen LogP contribution in [0.4, 0.5) is 0 Å². The molecule has 1 aliphatic rings. The van der Waals surface area contributed by atoms with Crippen LogP contribution >= 0.6 is 0 Å². The fraction of sp³-hybridized carbons (Fsp3) is 0.462. The molecule has 0 spiro atoms. The first kappa shape index (κ1) is 12.3. The highest BCUT2D eigenvalue weighted by atomic mass is 16.5. The number of pyridine rings is 1. The van der Waals surface area contributed by atoms with Gasteiger partial charge in [-0.1, -0.05) is 5.16 Å². The summed E-state index contributed by atoms with van der Waals surface area (Å²) < 4.78 is 5.30. The van der Waals surface area contributed by atoms with Crippen LogP contribution in [0.5, 0.6) is 0 Å². The Morgan fingerprint density at radius 2 is 2.00 bits per heavy atom. The fourth-order valence-electron chi connectivity index (χ4n) is 2.17. The van der Waals surface area contributed by atoms with Gasteiger partial charge in [0.1, 0.15) is 0 Å². The Bertz CT molecular complexity index is 507. The van der Waals surface area contributed by atoms with Gasteiger partial charge in [-0.3, -0.25) is 9.88 Å². The molecule has 1 fully saturated rings. The van der Waals surface area contributed by atoms with Crippen molar-refractivity contribution in [2.75, 3.05) is 26.2 Å². The molecule has 0 aliphatic carbocycles. The smallest absolute Gasteiger partial charge is 0.240 e. The summed E-state index contributed by atoms with van der Waals surface area (Å²) in [4.78, 5) is 10.8. The molecule has 6 heteroatoms. The van der Waals surface area contributed by atoms with Crippen LogP contribution in [0.2, 0.25) is 0 Å². The maximum Gasteiger partial charge on any atom is 0.240 e. The van der Waals surface area contributed by atoms with E-state index in [2.05, 4.69) is 25.3 Å². The van der Waals surface area contributed by atoms with E-state index in [1.165, 1.54) is 0 Å². The van der Waals surface area contributed by atoms with E-state index in [0.717, 1.165) is 44.1 Å². The van der Waals surface area contributed by atoms with Gasteiger partial charge in [-0.15, -0.1) is 0 Å². The van der Waals surface area contributed by atoms with E-state index in [1.54, 1.807) is 12.4 Å². The molecule has 0 unspecified atom stereocenters. The van der Waals surface area contributed by atoms with E-state index in [-0.39, 0.29) is 0 Å². The third-order valence-electron chi connectivity index (χ3n) is 3.19. The van der Waals surface area contributed by atoms with Crippen molar-refractivity contribution in [1.29, 1.82) is 0 Å². The fourth-order valence-corrected chi connectivity index (χ4v) is 2.17. The molecule has 1 saturated heterocycles. The summed E-state index contributed by atoms with van der Waals surface area (Å²) in [6.45, 7) is 4.85. The van der Waals surface area contributed by atoms with Crippen LogP contribution in [0.3, 0.4) is 0 Å². The van der Waals surface area contributed by atoms with Gasteiger partial charge in [0.15, 0.2) is 5.82 Å². The predicted molar refractivity (Wildman–Crippen MR) is 69.5 cm³/mol. The van der Waals surface area contributed by atoms with Crippen molar-refractivity contribution >= 4 is 0 Å². The van der Waals surface area contributed by atoms with Crippen LogP contribution < -0.4 is 5.32 Å². The number of piperazine rings is 1. The molecule has 2 aromatic rings. The monoisotopic (exact) mass is 259 g/mol. The first-order valence-corrected chi connectivity index (χ1v) is 6.53. The molecule has 0 amide bonds. The van der Waals surface area contributed by atoms with Crippen molar-refractivity contribution in [3.05, 3.63) is 41.8 Å². The molecule has 100 valence electrons. The van der Waals surface area contributed by atoms with Gasteiger partial charge < -0.3 is 9.84 Å². The Morgan fingerprint density at radius 3 is 2.79 bits per heavy atom. The molecular weight excluding hydrogens is 242 g/mol. The van der Waals surface area contributed by atoms with Crippen LogP contribution in [0.25, 0.3) is 0 Å². The average molecular weight is 259 g/mol. The minimum atomic E-state index is 0.688. The lowest BCUT2D eigenvalue weighted by molar-refractivity contribution is 0.203. The van der Waals surface area contributed by atoms with Crippen molar-refractivity contribution in [2.24, 2.45) is 0 Å². The van der Waals surface area contributed by atoms with E-state index in [9.17, 15) is 0 Å². The van der Waals surface area contributed by atoms with Gasteiger partial charge in [-0.25, -0.2) is 0 Å². The van der Waals surface area contributed by atoms with Crippen LogP contribution in [-0.2, 0) is 13.0 Å². The summed E-state index contributed by atoms with van der Waals surface area (Å²) in [5.74, 6) is 1.43. The van der Waals surface area contributed by atoms with Gasteiger partial charge in [0, 0.05) is 45.0 Å². The number of hydrogen-bond acceptors (Lipinski definition) is 6. The predicted octanol–water partition coefficient (Wildman–Crippen LogP) is 0.461. The number of rotatable bonds is 4. The van der Waals surface area contributed by atoms with Crippen molar-refractivity contribution in [3.63, 3.8) is 0 Å². The SMILES string of the molecule is c1cc(Cc2noc(CN3CCNCC3)n2)ccn1. The Balaban J connectivity index is 1.59. The first-order chi connectivity index (χ1) is 9.40. The second-order valence-electron chi connectivity index (χ2n) is 4.66. The van der Waals surface area contributed by atoms with E-state index in [0.29, 0.717) is 12.3 Å². The molecule has 3 heterocycles. The molecule has 0 atom stereocenters. The van der Waals surface area contributed by atoms with Gasteiger partial charge in [-0.2, -0.15) is 4.98 Å². The molecule has 6 nitrogen and oxygen atoms in total. The zero-order valence-corrected chi connectivity index (χ0v) is 10.7. The van der Waals surface area contributed by atoms with E-state index in [1.807, 2.05) is 12.1 Å². The summed E-state index contributed by atoms with van der Waals surface area (Å²) in [6.07, 6.45) is 4.24. The summed E-state index contributed by atoms with van der Waals surface area (Å²) in [5, 5.41) is 7.35. The number of nitrogens with zero attached hydrogens (tertiary/aromatic N) is 4. The molecular formula is C13H17N5O. The highest BCUT2D eigenvalue weighted by molar-refractivity contribution is 5.14. The molecule has 0 bridgehead atoms. The zero-order valence-electron chi connectivity index (χ0n) is 10.7. The summed E-state index contributed by atoms with van der Waals surface area (Å²) in [5.41, 5.74) is 1.14. The summed E-state index contributed by atoms with van der Waals surface area (Å²) >= 11 is 0. The molecule has 3 rings (SSSR count). The van der Waals surface area contributed by atoms with Gasteiger partial charge in [-0.05, 0) is 17.7 Å². The molecule has 0 saturated carbocycles. The molecule has 0 aromatic carbocycles. The van der Waals surface area contributed by atoms with Crippen molar-refractivity contribution in [2.45, 2.75) is 13.0 Å². The highest BCUT2D eigenvalue weighted by Crippen LogP contribution is 2.08. The lowest BCUT2D eigenvalue weighted by atomic mass is 10.2. The Labute approximate surface area is 111 Å². The van der Waals surface area contributed by atoms with Crippen LogP contribution in [0, 0.1) is 0 Å². The maximum absolute atomic E-state index is 5.30. The average Bonchev–Trinajstić information content (AvgIpc) is 2.88. The Hall–Kier alpha value is -1.79. The van der Waals surface area contributed by atoms with Crippen molar-refractivity contribution < 1.29 is 4.52 Å². The Morgan fingerprint density at radius 1 is 1.21 bits per heavy atom. The molecule has 1 N–H and O–H groups in total. The summed E-state index contributed by atoms with van der Waals surface area (Å²) in [7, 11) is 0. The maximum atomic E-state index is 5.30. The Kier molecular flexibility index (Phi) is 3.81. The number of nitrogens with one attached hydrogen (secondary N) is 1. The number of aromatic nitrogens is 3. The second-order valence-corrected chi connectivity index (χ2v) is 4.66. The highest BCUT2D eigenvalue weighted by Gasteiger charge is 2.14. The third-order valence-corrected chi connectivity index (χ3v) is 3.19. The van der Waals surface area contributed by atoms with Crippen LogP contribution in [-0.4, -0.2) is 46.2 Å².